The van der Waals surface area contributed by atoms with E-state index in [4.69, 9.17) is 9.15 Å². The van der Waals surface area contributed by atoms with E-state index in [9.17, 15) is 14.4 Å². The normalized spacial score (nSPS) is 15.7. The summed E-state index contributed by atoms with van der Waals surface area (Å²) in [6.45, 7) is 6.05. The van der Waals surface area contributed by atoms with Crippen molar-refractivity contribution in [2.45, 2.75) is 26.2 Å². The molecule has 230 valence electrons. The summed E-state index contributed by atoms with van der Waals surface area (Å²) >= 11 is 0. The van der Waals surface area contributed by atoms with Gasteiger partial charge in [-0.25, -0.2) is 14.6 Å². The molecule has 2 aliphatic rings. The average molecular weight is 606 g/mol. The Balaban J connectivity index is 1.03. The molecule has 1 atom stereocenters. The zero-order chi connectivity index (χ0) is 31.3. The van der Waals surface area contributed by atoms with Crippen molar-refractivity contribution in [2.24, 2.45) is 0 Å². The lowest BCUT2D eigenvalue weighted by molar-refractivity contribution is 0.0527. The highest BCUT2D eigenvalue weighted by Gasteiger charge is 2.27. The van der Waals surface area contributed by atoms with Gasteiger partial charge in [0, 0.05) is 43.2 Å². The van der Waals surface area contributed by atoms with E-state index in [1.807, 2.05) is 43.3 Å². The molecule has 45 heavy (non-hydrogen) atoms. The summed E-state index contributed by atoms with van der Waals surface area (Å²) in [4.78, 5) is 46.7. The molecule has 6 rings (SSSR count). The third-order valence-electron chi connectivity index (χ3n) is 8.20. The Morgan fingerprint density at radius 1 is 0.956 bits per heavy atom. The number of nitrogens with one attached hydrogen (secondary N) is 2. The number of amides is 3. The number of benzene rings is 2. The number of hydrogen-bond acceptors (Lipinski definition) is 7. The largest absolute Gasteiger partial charge is 0.462 e. The summed E-state index contributed by atoms with van der Waals surface area (Å²) in [7, 11) is 0. The smallest absolute Gasteiger partial charge is 0.340 e. The van der Waals surface area contributed by atoms with Crippen LogP contribution in [0.3, 0.4) is 0 Å². The highest BCUT2D eigenvalue weighted by Crippen LogP contribution is 2.35. The molecule has 4 aromatic rings. The molecule has 1 aliphatic carbocycles. The van der Waals surface area contributed by atoms with Crippen molar-refractivity contribution in [3.8, 4) is 0 Å². The number of carbonyl (C=O) groups excluding carboxylic acids is 3. The first-order valence-electron chi connectivity index (χ1n) is 15.1. The second kappa shape index (κ2) is 13.1. The van der Waals surface area contributed by atoms with Gasteiger partial charge in [0.25, 0.3) is 5.91 Å². The number of nitrogens with zero attached hydrogens (tertiary/aromatic N) is 3. The molecule has 0 saturated carbocycles. The Labute approximate surface area is 261 Å². The Morgan fingerprint density at radius 3 is 2.44 bits per heavy atom. The quantitative estimate of drug-likeness (QED) is 0.244. The monoisotopic (exact) mass is 605 g/mol. The van der Waals surface area contributed by atoms with Crippen LogP contribution in [-0.4, -0.2) is 60.6 Å². The lowest BCUT2D eigenvalue weighted by Crippen LogP contribution is -2.50. The molecule has 2 aromatic carbocycles. The van der Waals surface area contributed by atoms with E-state index in [1.165, 1.54) is 5.56 Å². The van der Waals surface area contributed by atoms with Gasteiger partial charge in [0.1, 0.15) is 11.6 Å². The van der Waals surface area contributed by atoms with E-state index in [-0.39, 0.29) is 24.5 Å². The van der Waals surface area contributed by atoms with Crippen molar-refractivity contribution in [3.05, 3.63) is 113 Å². The number of urea groups is 1. The summed E-state index contributed by atoms with van der Waals surface area (Å²) < 4.78 is 11.1. The van der Waals surface area contributed by atoms with Gasteiger partial charge in [-0.05, 0) is 56.2 Å². The van der Waals surface area contributed by atoms with Crippen molar-refractivity contribution in [1.29, 1.82) is 0 Å². The van der Waals surface area contributed by atoms with Crippen LogP contribution in [0.15, 0.2) is 83.4 Å². The molecule has 2 N–H and O–H groups in total. The predicted molar refractivity (Wildman–Crippen MR) is 173 cm³/mol. The Bertz CT molecular complexity index is 1720. The molecule has 2 aromatic heterocycles. The topological polar surface area (TPSA) is 117 Å². The van der Waals surface area contributed by atoms with Crippen LogP contribution >= 0.6 is 0 Å². The van der Waals surface area contributed by atoms with Crippen molar-refractivity contribution in [2.75, 3.05) is 48.3 Å². The Hall–Kier alpha value is -5.38. The first-order chi connectivity index (χ1) is 21.9. The zero-order valence-electron chi connectivity index (χ0n) is 25.3. The fraction of sp³-hybridized carbons (Fsp3) is 0.257. The summed E-state index contributed by atoms with van der Waals surface area (Å²) in [5.41, 5.74) is 4.44. The molecule has 1 aliphatic heterocycles. The molecule has 0 radical (unpaired) electrons. The van der Waals surface area contributed by atoms with E-state index in [0.29, 0.717) is 48.9 Å². The lowest BCUT2D eigenvalue weighted by Gasteiger charge is -2.35. The van der Waals surface area contributed by atoms with Gasteiger partial charge in [0.2, 0.25) is 0 Å². The fourth-order valence-electron chi connectivity index (χ4n) is 5.74. The van der Waals surface area contributed by atoms with Crippen LogP contribution in [0.2, 0.25) is 0 Å². The number of rotatable bonds is 7. The second-order valence-electron chi connectivity index (χ2n) is 11.0. The van der Waals surface area contributed by atoms with Gasteiger partial charge in [-0.1, -0.05) is 48.5 Å². The van der Waals surface area contributed by atoms with Crippen molar-refractivity contribution in [1.82, 2.24) is 9.88 Å². The number of carbonyl (C=O) groups is 3. The maximum Gasteiger partial charge on any atom is 0.340 e. The van der Waals surface area contributed by atoms with E-state index in [2.05, 4.69) is 38.7 Å². The number of aromatic nitrogens is 1. The third kappa shape index (κ3) is 6.45. The number of esters is 1. The molecule has 0 bridgehead atoms. The van der Waals surface area contributed by atoms with Crippen molar-refractivity contribution < 1.29 is 23.5 Å². The number of piperazine rings is 1. The van der Waals surface area contributed by atoms with Crippen LogP contribution in [0.5, 0.6) is 0 Å². The SMILES string of the molecule is CCOC(=O)c1ccccc1NC(=O)N1CCN(c2ccc(NC(=O)c3oc4c(c3C)CC(c3ccccc3)C=C4)cn2)CC1. The van der Waals surface area contributed by atoms with Crippen LogP contribution in [0.4, 0.5) is 22.0 Å². The van der Waals surface area contributed by atoms with E-state index < -0.39 is 5.97 Å². The van der Waals surface area contributed by atoms with E-state index in [0.717, 1.165) is 29.1 Å². The summed E-state index contributed by atoms with van der Waals surface area (Å²) in [5, 5.41) is 5.76. The maximum atomic E-state index is 13.2. The minimum atomic E-state index is -0.475. The highest BCUT2D eigenvalue weighted by molar-refractivity contribution is 6.04. The zero-order valence-corrected chi connectivity index (χ0v) is 25.3. The van der Waals surface area contributed by atoms with Gasteiger partial charge in [-0.15, -0.1) is 0 Å². The molecule has 3 amide bonds. The van der Waals surface area contributed by atoms with Crippen LogP contribution in [0.1, 0.15) is 56.2 Å². The number of anilines is 3. The summed E-state index contributed by atoms with van der Waals surface area (Å²) in [6.07, 6.45) is 6.50. The molecule has 1 unspecified atom stereocenters. The minimum Gasteiger partial charge on any atom is -0.462 e. The number of para-hydroxylation sites is 1. The summed E-state index contributed by atoms with van der Waals surface area (Å²) in [5.74, 6) is 1.24. The fourth-order valence-corrected chi connectivity index (χ4v) is 5.74. The number of hydrogen-bond donors (Lipinski definition) is 2. The first-order valence-corrected chi connectivity index (χ1v) is 15.1. The maximum absolute atomic E-state index is 13.2. The van der Waals surface area contributed by atoms with Crippen LogP contribution in [-0.2, 0) is 11.2 Å². The number of fused-ring (bicyclic) bond motifs is 1. The van der Waals surface area contributed by atoms with Crippen molar-refractivity contribution in [3.63, 3.8) is 0 Å². The predicted octanol–water partition coefficient (Wildman–Crippen LogP) is 6.12. The number of allylic oxidation sites excluding steroid dienone is 1. The molecular weight excluding hydrogens is 570 g/mol. The molecule has 3 heterocycles. The minimum absolute atomic E-state index is 0.243. The molecule has 0 spiro atoms. The number of ether oxygens (including phenoxy) is 1. The van der Waals surface area contributed by atoms with E-state index >= 15 is 0 Å². The van der Waals surface area contributed by atoms with Crippen LogP contribution < -0.4 is 15.5 Å². The molecule has 10 heteroatoms. The second-order valence-corrected chi connectivity index (χ2v) is 11.0. The number of furan rings is 1. The Morgan fingerprint density at radius 2 is 1.71 bits per heavy atom. The van der Waals surface area contributed by atoms with Crippen LogP contribution in [0, 0.1) is 6.92 Å². The lowest BCUT2D eigenvalue weighted by atomic mass is 9.86. The van der Waals surface area contributed by atoms with Gasteiger partial charge in [-0.3, -0.25) is 4.79 Å². The van der Waals surface area contributed by atoms with Gasteiger partial charge < -0.3 is 29.6 Å². The first kappa shape index (κ1) is 29.7. The van der Waals surface area contributed by atoms with Gasteiger partial charge in [0.05, 0.1) is 29.7 Å². The van der Waals surface area contributed by atoms with Crippen LogP contribution in [0.25, 0.3) is 6.08 Å². The number of pyridine rings is 1. The molecule has 1 saturated heterocycles. The average Bonchev–Trinajstić information content (AvgIpc) is 3.41. The van der Waals surface area contributed by atoms with E-state index in [1.54, 1.807) is 42.3 Å². The van der Waals surface area contributed by atoms with Gasteiger partial charge in [0.15, 0.2) is 5.76 Å². The van der Waals surface area contributed by atoms with Gasteiger partial charge >= 0.3 is 12.0 Å². The van der Waals surface area contributed by atoms with Gasteiger partial charge in [-0.2, -0.15) is 0 Å². The molecular formula is C35H35N5O5. The standard InChI is InChI=1S/C35H35N5O5/c1-3-44-34(42)27-11-7-8-12-29(27)38-35(43)40-19-17-39(18-20-40)31-16-14-26(22-36-31)37-33(41)32-23(2)28-21-25(13-15-30(28)45-32)24-9-5-4-6-10-24/h4-16,22,25H,3,17-21H2,1-2H3,(H,37,41)(H,38,43). The summed E-state index contributed by atoms with van der Waals surface area (Å²) in [6, 6.07) is 20.5. The third-order valence-corrected chi connectivity index (χ3v) is 8.20. The molecule has 10 nitrogen and oxygen atoms in total. The van der Waals surface area contributed by atoms with Crippen molar-refractivity contribution >= 4 is 41.2 Å². The highest BCUT2D eigenvalue weighted by atomic mass is 16.5. The molecule has 1 fully saturated rings. The Kier molecular flexibility index (Phi) is 8.63.